The van der Waals surface area contributed by atoms with Crippen molar-refractivity contribution in [2.45, 2.75) is 19.0 Å². The summed E-state index contributed by atoms with van der Waals surface area (Å²) < 4.78 is 39.6. The van der Waals surface area contributed by atoms with E-state index in [1.54, 1.807) is 0 Å². The van der Waals surface area contributed by atoms with E-state index in [0.29, 0.717) is 5.65 Å². The van der Waals surface area contributed by atoms with E-state index in [9.17, 15) is 18.0 Å². The lowest BCUT2D eigenvalue weighted by Gasteiger charge is -2.19. The molecule has 6 nitrogen and oxygen atoms in total. The molecule has 2 heterocycles. The van der Waals surface area contributed by atoms with Crippen LogP contribution in [0, 0.1) is 5.41 Å². The fourth-order valence-corrected chi connectivity index (χ4v) is 1.94. The highest BCUT2D eigenvalue weighted by molar-refractivity contribution is 5.95. The van der Waals surface area contributed by atoms with Crippen molar-refractivity contribution in [2.24, 2.45) is 5.41 Å². The minimum Gasteiger partial charge on any atom is -0.351 e. The Morgan fingerprint density at radius 2 is 2.20 bits per heavy atom. The zero-order valence-electron chi connectivity index (χ0n) is 10.2. The number of carbonyl (C=O) groups is 1. The van der Waals surface area contributed by atoms with Gasteiger partial charge in [0, 0.05) is 18.3 Å². The van der Waals surface area contributed by atoms with Gasteiger partial charge in [0.05, 0.1) is 5.41 Å². The van der Waals surface area contributed by atoms with Gasteiger partial charge in [0.15, 0.2) is 5.65 Å². The van der Waals surface area contributed by atoms with Crippen LogP contribution in [0.4, 0.5) is 13.2 Å². The molecular weight excluding hydrogens is 275 g/mol. The number of carbonyl (C=O) groups excluding carboxylic acids is 1. The van der Waals surface area contributed by atoms with Gasteiger partial charge in [0.25, 0.3) is 5.91 Å². The molecular formula is C11H10F3N5O. The zero-order chi connectivity index (χ0) is 14.4. The van der Waals surface area contributed by atoms with Crippen LogP contribution in [0.15, 0.2) is 18.3 Å². The lowest BCUT2D eigenvalue weighted by Crippen LogP contribution is -2.38. The maximum absolute atomic E-state index is 12.7. The molecule has 0 bridgehead atoms. The summed E-state index contributed by atoms with van der Waals surface area (Å²) >= 11 is 0. The number of aromatic nitrogens is 4. The Kier molecular flexibility index (Phi) is 2.66. The predicted molar refractivity (Wildman–Crippen MR) is 60.8 cm³/mol. The Morgan fingerprint density at radius 3 is 2.85 bits per heavy atom. The molecule has 3 rings (SSSR count). The molecule has 1 aliphatic rings. The van der Waals surface area contributed by atoms with Gasteiger partial charge in [-0.25, -0.2) is 4.52 Å². The third-order valence-corrected chi connectivity index (χ3v) is 3.50. The molecule has 1 N–H and O–H groups in total. The summed E-state index contributed by atoms with van der Waals surface area (Å²) in [4.78, 5) is 11.9. The van der Waals surface area contributed by atoms with Crippen molar-refractivity contribution in [1.29, 1.82) is 0 Å². The van der Waals surface area contributed by atoms with Crippen LogP contribution < -0.4 is 5.32 Å². The Balaban J connectivity index is 1.70. The molecule has 106 valence electrons. The molecule has 1 aliphatic carbocycles. The fourth-order valence-electron chi connectivity index (χ4n) is 1.94. The number of alkyl halides is 3. The van der Waals surface area contributed by atoms with Crippen molar-refractivity contribution in [2.75, 3.05) is 6.54 Å². The van der Waals surface area contributed by atoms with Gasteiger partial charge in [0.2, 0.25) is 0 Å². The van der Waals surface area contributed by atoms with Gasteiger partial charge >= 0.3 is 6.18 Å². The lowest BCUT2D eigenvalue weighted by molar-refractivity contribution is -0.184. The van der Waals surface area contributed by atoms with Crippen LogP contribution >= 0.6 is 0 Å². The third kappa shape index (κ3) is 2.08. The van der Waals surface area contributed by atoms with E-state index in [4.69, 9.17) is 0 Å². The van der Waals surface area contributed by atoms with Crippen LogP contribution in [-0.2, 0) is 0 Å². The summed E-state index contributed by atoms with van der Waals surface area (Å²) in [5, 5.41) is 13.0. The van der Waals surface area contributed by atoms with E-state index in [1.807, 2.05) is 0 Å². The van der Waals surface area contributed by atoms with Crippen molar-refractivity contribution < 1.29 is 18.0 Å². The first-order chi connectivity index (χ1) is 9.41. The molecule has 2 aromatic rings. The molecule has 1 saturated carbocycles. The number of hydrogen-bond donors (Lipinski definition) is 1. The van der Waals surface area contributed by atoms with Gasteiger partial charge < -0.3 is 5.32 Å². The standard InChI is InChI=1S/C11H10F3N5O/c12-11(13,14)10(2-3-10)6-15-9(20)7-1-4-19-8(5-7)16-17-18-19/h1,4-5H,2-3,6H2,(H,15,20). The number of nitrogens with zero attached hydrogens (tertiary/aromatic N) is 4. The van der Waals surface area contributed by atoms with Crippen molar-refractivity contribution in [3.05, 3.63) is 23.9 Å². The Hall–Kier alpha value is -2.19. The number of nitrogens with one attached hydrogen (secondary N) is 1. The molecule has 0 aliphatic heterocycles. The van der Waals surface area contributed by atoms with Crippen LogP contribution in [-0.4, -0.2) is 38.7 Å². The number of halogens is 3. The van der Waals surface area contributed by atoms with Gasteiger partial charge in [-0.05, 0) is 35.4 Å². The fraction of sp³-hybridized carbons (Fsp3) is 0.455. The predicted octanol–water partition coefficient (Wildman–Crippen LogP) is 1.20. The summed E-state index contributed by atoms with van der Waals surface area (Å²) in [6, 6.07) is 2.87. The Labute approximate surface area is 111 Å². The Morgan fingerprint density at radius 1 is 1.45 bits per heavy atom. The molecule has 9 heteroatoms. The monoisotopic (exact) mass is 285 g/mol. The van der Waals surface area contributed by atoms with Gasteiger partial charge in [-0.2, -0.15) is 13.2 Å². The lowest BCUT2D eigenvalue weighted by atomic mass is 10.1. The summed E-state index contributed by atoms with van der Waals surface area (Å²) in [6.45, 7) is -0.397. The number of pyridine rings is 1. The highest BCUT2D eigenvalue weighted by atomic mass is 19.4. The Bertz CT molecular complexity index is 661. The first-order valence-corrected chi connectivity index (χ1v) is 5.94. The van der Waals surface area contributed by atoms with Gasteiger partial charge in [-0.15, -0.1) is 5.10 Å². The summed E-state index contributed by atoms with van der Waals surface area (Å²) in [7, 11) is 0. The van der Waals surface area contributed by atoms with Gasteiger partial charge in [0.1, 0.15) is 0 Å². The summed E-state index contributed by atoms with van der Waals surface area (Å²) in [5.74, 6) is -0.564. The number of hydrogen-bond acceptors (Lipinski definition) is 4. The molecule has 0 radical (unpaired) electrons. The normalized spacial score (nSPS) is 17.1. The molecule has 1 amide bonds. The van der Waals surface area contributed by atoms with Crippen LogP contribution in [0.2, 0.25) is 0 Å². The number of tetrazole rings is 1. The average Bonchev–Trinajstić information content (AvgIpc) is 3.06. The van der Waals surface area contributed by atoms with Gasteiger partial charge in [-0.3, -0.25) is 4.79 Å². The number of amides is 1. The zero-order valence-corrected chi connectivity index (χ0v) is 10.2. The van der Waals surface area contributed by atoms with Crippen LogP contribution in [0.25, 0.3) is 5.65 Å². The highest BCUT2D eigenvalue weighted by Gasteiger charge is 2.63. The second kappa shape index (κ2) is 4.15. The molecule has 0 saturated heterocycles. The average molecular weight is 285 g/mol. The largest absolute Gasteiger partial charge is 0.396 e. The number of fused-ring (bicyclic) bond motifs is 1. The van der Waals surface area contributed by atoms with E-state index in [1.165, 1.54) is 22.8 Å². The SMILES string of the molecule is O=C(NCC1(C(F)(F)F)CC1)c1ccn2nnnc2c1. The highest BCUT2D eigenvalue weighted by Crippen LogP contribution is 2.57. The van der Waals surface area contributed by atoms with E-state index in [0.717, 1.165) is 0 Å². The third-order valence-electron chi connectivity index (χ3n) is 3.50. The molecule has 0 spiro atoms. The first-order valence-electron chi connectivity index (χ1n) is 5.94. The maximum Gasteiger partial charge on any atom is 0.396 e. The second-order valence-electron chi connectivity index (χ2n) is 4.86. The minimum atomic E-state index is -4.28. The van der Waals surface area contributed by atoms with Crippen molar-refractivity contribution in [3.8, 4) is 0 Å². The van der Waals surface area contributed by atoms with E-state index >= 15 is 0 Å². The minimum absolute atomic E-state index is 0.0594. The second-order valence-corrected chi connectivity index (χ2v) is 4.86. The molecule has 0 aromatic carbocycles. The summed E-state index contributed by atoms with van der Waals surface area (Å²) in [5.41, 5.74) is -1.16. The summed E-state index contributed by atoms with van der Waals surface area (Å²) in [6.07, 6.45) is -2.68. The molecule has 2 aromatic heterocycles. The molecule has 0 atom stereocenters. The van der Waals surface area contributed by atoms with Crippen LogP contribution in [0.1, 0.15) is 23.2 Å². The van der Waals surface area contributed by atoms with Crippen LogP contribution in [0.5, 0.6) is 0 Å². The van der Waals surface area contributed by atoms with E-state index in [2.05, 4.69) is 20.8 Å². The van der Waals surface area contributed by atoms with Gasteiger partial charge in [-0.1, -0.05) is 0 Å². The first kappa shape index (κ1) is 12.8. The molecule has 20 heavy (non-hydrogen) atoms. The molecule has 1 fully saturated rings. The van der Waals surface area contributed by atoms with Crippen LogP contribution in [0.3, 0.4) is 0 Å². The smallest absolute Gasteiger partial charge is 0.351 e. The quantitative estimate of drug-likeness (QED) is 0.919. The van der Waals surface area contributed by atoms with Crippen molar-refractivity contribution >= 4 is 11.6 Å². The number of rotatable bonds is 3. The van der Waals surface area contributed by atoms with E-state index in [-0.39, 0.29) is 18.4 Å². The maximum atomic E-state index is 12.7. The van der Waals surface area contributed by atoms with Crippen molar-refractivity contribution in [3.63, 3.8) is 0 Å². The van der Waals surface area contributed by atoms with Crippen molar-refractivity contribution in [1.82, 2.24) is 25.4 Å². The molecule has 0 unspecified atom stereocenters. The topological polar surface area (TPSA) is 72.2 Å². The van der Waals surface area contributed by atoms with E-state index < -0.39 is 24.0 Å².